The van der Waals surface area contributed by atoms with Gasteiger partial charge in [0.2, 0.25) is 5.71 Å². The Morgan fingerprint density at radius 2 is 1.49 bits per heavy atom. The van der Waals surface area contributed by atoms with Crippen LogP contribution in [0.5, 0.6) is 0 Å². The molecular weight excluding hydrogens is 789 g/mol. The summed E-state index contributed by atoms with van der Waals surface area (Å²) < 4.78 is 12.0. The predicted molar refractivity (Wildman–Crippen MR) is 197 cm³/mol. The van der Waals surface area contributed by atoms with Gasteiger partial charge in [0.15, 0.2) is 16.9 Å². The fraction of sp³-hybridized carbons (Fsp3) is 0.405. The van der Waals surface area contributed by atoms with Gasteiger partial charge < -0.3 is 13.9 Å². The van der Waals surface area contributed by atoms with E-state index in [0.717, 1.165) is 69.6 Å². The molecule has 0 saturated carbocycles. The third-order valence-electron chi connectivity index (χ3n) is 10.6. The van der Waals surface area contributed by atoms with Gasteiger partial charge in [0, 0.05) is 58.9 Å². The molecular formula is C42H49IrN2O4-. The van der Waals surface area contributed by atoms with Crippen molar-refractivity contribution in [3.63, 3.8) is 0 Å². The number of carbonyl (C=O) groups is 1. The Labute approximate surface area is 303 Å². The largest absolute Gasteiger partial charge is 0.512 e. The maximum absolute atomic E-state index is 12.2. The first-order valence-electron chi connectivity index (χ1n) is 17.2. The zero-order valence-corrected chi connectivity index (χ0v) is 32.9. The van der Waals surface area contributed by atoms with E-state index < -0.39 is 0 Å². The van der Waals surface area contributed by atoms with Crippen LogP contribution in [0.3, 0.4) is 0 Å². The molecule has 0 aliphatic rings. The summed E-state index contributed by atoms with van der Waals surface area (Å²) in [5.41, 5.74) is 5.50. The summed E-state index contributed by atoms with van der Waals surface area (Å²) in [6.45, 7) is 20.8. The van der Waals surface area contributed by atoms with E-state index in [0.29, 0.717) is 11.3 Å². The fourth-order valence-corrected chi connectivity index (χ4v) is 6.15. The number of aryl methyl sites for hydroxylation is 1. The Bertz CT molecular complexity index is 2140. The number of aliphatic hydroxyl groups is 1. The van der Waals surface area contributed by atoms with Crippen LogP contribution >= 0.6 is 0 Å². The Balaban J connectivity index is 0.000000260. The average Bonchev–Trinajstić information content (AvgIpc) is 3.67. The molecule has 0 spiro atoms. The molecule has 0 unspecified atom stereocenters. The first kappa shape index (κ1) is 38.0. The summed E-state index contributed by atoms with van der Waals surface area (Å²) in [5, 5.41) is 15.3. The molecule has 0 saturated heterocycles. The van der Waals surface area contributed by atoms with Crippen molar-refractivity contribution >= 4 is 49.6 Å². The summed E-state index contributed by atoms with van der Waals surface area (Å²) in [6.07, 6.45) is 8.07. The number of nitrogens with zero attached hydrogens (tertiary/aromatic N) is 2. The molecule has 1 N–H and O–H groups in total. The number of hydrogen-bond acceptors (Lipinski definition) is 6. The van der Waals surface area contributed by atoms with E-state index in [1.54, 1.807) is 12.6 Å². The van der Waals surface area contributed by atoms with E-state index in [1.807, 2.05) is 54.5 Å². The van der Waals surface area contributed by atoms with Crippen molar-refractivity contribution in [1.82, 2.24) is 9.97 Å². The van der Waals surface area contributed by atoms with E-state index in [2.05, 4.69) is 73.2 Å². The maximum Gasteiger partial charge on any atom is 0.223 e. The first-order chi connectivity index (χ1) is 22.7. The molecule has 6 aromatic rings. The van der Waals surface area contributed by atoms with E-state index in [9.17, 15) is 9.90 Å². The van der Waals surface area contributed by atoms with Gasteiger partial charge in [-0.1, -0.05) is 97.5 Å². The quantitative estimate of drug-likeness (QED) is 0.0933. The van der Waals surface area contributed by atoms with Gasteiger partial charge in [-0.25, -0.2) is 4.98 Å². The second-order valence-electron chi connectivity index (χ2n) is 14.6. The molecule has 3 aromatic carbocycles. The number of benzene rings is 3. The first-order valence-corrected chi connectivity index (χ1v) is 17.2. The molecule has 3 aromatic heterocycles. The number of carbonyl (C=O) groups excluding carboxylic acids is 1. The molecule has 261 valence electrons. The van der Waals surface area contributed by atoms with E-state index in [-0.39, 0.29) is 47.9 Å². The fourth-order valence-electron chi connectivity index (χ4n) is 6.15. The van der Waals surface area contributed by atoms with Crippen LogP contribution in [0.25, 0.3) is 55.1 Å². The second-order valence-corrected chi connectivity index (χ2v) is 14.6. The normalized spacial score (nSPS) is 12.7. The molecule has 6 rings (SSSR count). The summed E-state index contributed by atoms with van der Waals surface area (Å²) in [5.74, 6) is 0.286. The van der Waals surface area contributed by atoms with Gasteiger partial charge in [-0.3, -0.25) is 9.78 Å². The van der Waals surface area contributed by atoms with Crippen LogP contribution < -0.4 is 0 Å². The Morgan fingerprint density at radius 1 is 0.857 bits per heavy atom. The SMILES string of the molecule is CCC(C)(CC)C(=O)/C=C(\O)C(C)(CC)CC.Cc1coc2c1ccc1c2oc2ncnc(-c3[c-]c4ccccc4c(C(C)(C)C)c3)c21.[Ir]. The van der Waals surface area contributed by atoms with Crippen molar-refractivity contribution in [2.24, 2.45) is 10.8 Å². The number of aromatic nitrogens is 2. The van der Waals surface area contributed by atoms with Crippen molar-refractivity contribution in [1.29, 1.82) is 0 Å². The zero-order valence-electron chi connectivity index (χ0n) is 30.5. The smallest absolute Gasteiger partial charge is 0.223 e. The van der Waals surface area contributed by atoms with Crippen LogP contribution in [0.4, 0.5) is 0 Å². The number of allylic oxidation sites excluding steroid dienone is 2. The molecule has 0 aliphatic carbocycles. The number of ketones is 1. The Morgan fingerprint density at radius 3 is 2.12 bits per heavy atom. The molecule has 49 heavy (non-hydrogen) atoms. The molecule has 0 atom stereocenters. The topological polar surface area (TPSA) is 89.4 Å². The summed E-state index contributed by atoms with van der Waals surface area (Å²) in [4.78, 5) is 21.3. The van der Waals surface area contributed by atoms with Crippen molar-refractivity contribution < 1.29 is 38.8 Å². The van der Waals surface area contributed by atoms with E-state index in [1.165, 1.54) is 17.0 Å². The van der Waals surface area contributed by atoms with Crippen molar-refractivity contribution in [2.45, 2.75) is 100 Å². The Kier molecular flexibility index (Phi) is 11.3. The van der Waals surface area contributed by atoms with Crippen LogP contribution in [0.2, 0.25) is 0 Å². The molecule has 3 heterocycles. The number of fused-ring (bicyclic) bond motifs is 6. The van der Waals surface area contributed by atoms with Gasteiger partial charge in [0.05, 0.1) is 6.26 Å². The van der Waals surface area contributed by atoms with E-state index in [4.69, 9.17) is 8.83 Å². The van der Waals surface area contributed by atoms with E-state index >= 15 is 0 Å². The third-order valence-corrected chi connectivity index (χ3v) is 10.6. The third kappa shape index (κ3) is 7.11. The van der Waals surface area contributed by atoms with Crippen molar-refractivity contribution in [3.05, 3.63) is 84.1 Å². The number of hydrogen-bond donors (Lipinski definition) is 1. The zero-order chi connectivity index (χ0) is 35.0. The van der Waals surface area contributed by atoms with Crippen LogP contribution in [-0.4, -0.2) is 20.9 Å². The average molecular weight is 838 g/mol. The van der Waals surface area contributed by atoms with Crippen LogP contribution in [0, 0.1) is 23.8 Å². The summed E-state index contributed by atoms with van der Waals surface area (Å²) in [7, 11) is 0. The molecule has 0 fully saturated rings. The summed E-state index contributed by atoms with van der Waals surface area (Å²) in [6, 6.07) is 18.3. The minimum Gasteiger partial charge on any atom is -0.512 e. The minimum atomic E-state index is -0.337. The van der Waals surface area contributed by atoms with Gasteiger partial charge in [0.25, 0.3) is 0 Å². The number of furan rings is 2. The Hall–Kier alpha value is -3.80. The van der Waals surface area contributed by atoms with Crippen molar-refractivity contribution in [3.8, 4) is 11.3 Å². The molecule has 1 radical (unpaired) electrons. The molecule has 7 heteroatoms. The maximum atomic E-state index is 12.2. The standard InChI is InChI=1S/C27H21N2O2.C15H28O2.Ir/c1-15-13-30-24-18(15)9-10-20-22-23(28-14-29-26(22)31-25(20)24)17-11-16-7-5-6-8-19(16)21(12-17)27(2,3)4;1-7-14(5,8-2)12(16)11-13(17)15(6,9-3)10-4;/h5-10,12-14H,1-4H3;11,16H,7-10H2,1-6H3;/q-1;;/b;12-11-;. The number of aliphatic hydroxyl groups excluding tert-OH is 1. The van der Waals surface area contributed by atoms with Gasteiger partial charge >= 0.3 is 0 Å². The molecule has 0 amide bonds. The van der Waals surface area contributed by atoms with Gasteiger partial charge in [-0.05, 0) is 49.7 Å². The molecule has 0 bridgehead atoms. The van der Waals surface area contributed by atoms with Crippen LogP contribution in [-0.2, 0) is 30.3 Å². The van der Waals surface area contributed by atoms with Gasteiger partial charge in [0.1, 0.15) is 12.1 Å². The second kappa shape index (κ2) is 14.6. The van der Waals surface area contributed by atoms with Gasteiger partial charge in [-0.2, -0.15) is 0 Å². The summed E-state index contributed by atoms with van der Waals surface area (Å²) >= 11 is 0. The number of rotatable bonds is 8. The molecule has 0 aliphatic heterocycles. The monoisotopic (exact) mass is 838 g/mol. The van der Waals surface area contributed by atoms with Crippen molar-refractivity contribution in [2.75, 3.05) is 0 Å². The molecule has 6 nitrogen and oxygen atoms in total. The predicted octanol–water partition coefficient (Wildman–Crippen LogP) is 12.0. The minimum absolute atomic E-state index is 0. The van der Waals surface area contributed by atoms with Crippen LogP contribution in [0.1, 0.15) is 99.1 Å². The van der Waals surface area contributed by atoms with Crippen LogP contribution in [0.15, 0.2) is 75.7 Å². The van der Waals surface area contributed by atoms with Gasteiger partial charge in [-0.15, -0.1) is 29.1 Å².